The highest BCUT2D eigenvalue weighted by atomic mass is 79.9. The summed E-state index contributed by atoms with van der Waals surface area (Å²) in [5.41, 5.74) is 3.68. The second-order valence-electron chi connectivity index (χ2n) is 5.53. The van der Waals surface area contributed by atoms with E-state index in [0.717, 1.165) is 15.6 Å². The van der Waals surface area contributed by atoms with Gasteiger partial charge < -0.3 is 13.9 Å². The van der Waals surface area contributed by atoms with Crippen molar-refractivity contribution in [1.82, 2.24) is 0 Å². The minimum Gasteiger partial charge on any atom is -0.467 e. The number of hydrogen-bond acceptors (Lipinski definition) is 4. The quantitative estimate of drug-likeness (QED) is 0.635. The third-order valence-electron chi connectivity index (χ3n) is 3.90. The topological polar surface area (TPSA) is 48.7 Å². The SMILES string of the molecule is Cc1ccc2c(=O)c(-c3cc(Br)cc4c3OCOC4)coc2c1. The van der Waals surface area contributed by atoms with E-state index in [0.29, 0.717) is 34.5 Å². The van der Waals surface area contributed by atoms with Crippen LogP contribution in [0.4, 0.5) is 0 Å². The second kappa shape index (κ2) is 5.51. The van der Waals surface area contributed by atoms with Crippen molar-refractivity contribution in [3.8, 4) is 16.9 Å². The molecule has 5 heteroatoms. The lowest BCUT2D eigenvalue weighted by Gasteiger charge is -2.21. The first-order valence-electron chi connectivity index (χ1n) is 7.19. The Labute approximate surface area is 140 Å². The summed E-state index contributed by atoms with van der Waals surface area (Å²) in [6, 6.07) is 9.37. The van der Waals surface area contributed by atoms with Crippen LogP contribution < -0.4 is 10.2 Å². The van der Waals surface area contributed by atoms with Gasteiger partial charge in [0, 0.05) is 15.6 Å². The molecule has 0 spiro atoms. The van der Waals surface area contributed by atoms with Gasteiger partial charge in [-0.25, -0.2) is 0 Å². The molecule has 0 radical (unpaired) electrons. The van der Waals surface area contributed by atoms with Gasteiger partial charge in [-0.2, -0.15) is 0 Å². The molecule has 4 nitrogen and oxygen atoms in total. The van der Waals surface area contributed by atoms with Crippen LogP contribution in [0.25, 0.3) is 22.1 Å². The Morgan fingerprint density at radius 1 is 1.13 bits per heavy atom. The standard InChI is InChI=1S/C18H13BrO4/c1-10-2-3-13-16(4-10)22-8-15(17(13)20)14-6-12(19)5-11-7-21-9-23-18(11)14/h2-6,8H,7,9H2,1H3. The summed E-state index contributed by atoms with van der Waals surface area (Å²) in [7, 11) is 0. The van der Waals surface area contributed by atoms with Gasteiger partial charge in [-0.15, -0.1) is 0 Å². The third kappa shape index (κ3) is 2.46. The molecule has 0 atom stereocenters. The molecule has 1 aliphatic rings. The molecule has 0 saturated carbocycles. The van der Waals surface area contributed by atoms with Gasteiger partial charge >= 0.3 is 0 Å². The Morgan fingerprint density at radius 3 is 2.87 bits per heavy atom. The van der Waals surface area contributed by atoms with Gasteiger partial charge in [-0.3, -0.25) is 4.79 Å². The van der Waals surface area contributed by atoms with Crippen molar-refractivity contribution < 1.29 is 13.9 Å². The highest BCUT2D eigenvalue weighted by Gasteiger charge is 2.20. The maximum absolute atomic E-state index is 12.9. The van der Waals surface area contributed by atoms with E-state index in [-0.39, 0.29) is 12.2 Å². The monoisotopic (exact) mass is 372 g/mol. The van der Waals surface area contributed by atoms with Gasteiger partial charge in [0.2, 0.25) is 5.43 Å². The van der Waals surface area contributed by atoms with E-state index in [2.05, 4.69) is 15.9 Å². The Bertz CT molecular complexity index is 975. The number of rotatable bonds is 1. The fourth-order valence-electron chi connectivity index (χ4n) is 2.80. The fraction of sp³-hybridized carbons (Fsp3) is 0.167. The average Bonchev–Trinajstić information content (AvgIpc) is 2.54. The van der Waals surface area contributed by atoms with Gasteiger partial charge in [-0.1, -0.05) is 22.0 Å². The first kappa shape index (κ1) is 14.5. The molecule has 1 aliphatic heterocycles. The van der Waals surface area contributed by atoms with E-state index in [4.69, 9.17) is 13.9 Å². The maximum Gasteiger partial charge on any atom is 0.200 e. The van der Waals surface area contributed by atoms with E-state index in [9.17, 15) is 4.79 Å². The van der Waals surface area contributed by atoms with Crippen LogP contribution in [0.15, 0.2) is 50.3 Å². The molecule has 3 aromatic rings. The van der Waals surface area contributed by atoms with Gasteiger partial charge in [0.05, 0.1) is 17.6 Å². The Balaban J connectivity index is 2.00. The van der Waals surface area contributed by atoms with E-state index in [1.165, 1.54) is 6.26 Å². The second-order valence-corrected chi connectivity index (χ2v) is 6.45. The van der Waals surface area contributed by atoms with E-state index >= 15 is 0 Å². The van der Waals surface area contributed by atoms with Crippen LogP contribution in [0.2, 0.25) is 0 Å². The van der Waals surface area contributed by atoms with E-state index in [1.54, 1.807) is 6.07 Å². The zero-order valence-electron chi connectivity index (χ0n) is 12.4. The summed E-state index contributed by atoms with van der Waals surface area (Å²) in [4.78, 5) is 12.9. The molecule has 0 unspecified atom stereocenters. The van der Waals surface area contributed by atoms with Gasteiger partial charge in [0.15, 0.2) is 6.79 Å². The third-order valence-corrected chi connectivity index (χ3v) is 4.35. The first-order valence-corrected chi connectivity index (χ1v) is 7.98. The van der Waals surface area contributed by atoms with Crippen molar-refractivity contribution in [3.05, 3.63) is 62.4 Å². The largest absolute Gasteiger partial charge is 0.467 e. The van der Waals surface area contributed by atoms with Crippen molar-refractivity contribution in [2.24, 2.45) is 0 Å². The molecule has 0 fully saturated rings. The summed E-state index contributed by atoms with van der Waals surface area (Å²) in [5.74, 6) is 0.679. The zero-order valence-corrected chi connectivity index (χ0v) is 14.0. The van der Waals surface area contributed by atoms with Crippen molar-refractivity contribution in [3.63, 3.8) is 0 Å². The normalized spacial score (nSPS) is 13.7. The van der Waals surface area contributed by atoms with Gasteiger partial charge in [0.1, 0.15) is 17.6 Å². The molecule has 0 N–H and O–H groups in total. The molecular formula is C18H13BrO4. The lowest BCUT2D eigenvalue weighted by molar-refractivity contribution is -0.0159. The molecule has 4 rings (SSSR count). The zero-order chi connectivity index (χ0) is 16.0. The minimum absolute atomic E-state index is 0.0679. The molecule has 0 amide bonds. The molecule has 116 valence electrons. The number of fused-ring (bicyclic) bond motifs is 2. The predicted octanol–water partition coefficient (Wildman–Crippen LogP) is 4.40. The van der Waals surface area contributed by atoms with Crippen molar-refractivity contribution in [2.45, 2.75) is 13.5 Å². The lowest BCUT2D eigenvalue weighted by Crippen LogP contribution is -2.14. The molecule has 0 saturated heterocycles. The number of aryl methyl sites for hydroxylation is 1. The Kier molecular flexibility index (Phi) is 3.47. The van der Waals surface area contributed by atoms with Gasteiger partial charge in [-0.05, 0) is 36.8 Å². The fourth-order valence-corrected chi connectivity index (χ4v) is 3.31. The Morgan fingerprint density at radius 2 is 2.00 bits per heavy atom. The molecular weight excluding hydrogens is 360 g/mol. The predicted molar refractivity (Wildman–Crippen MR) is 90.6 cm³/mol. The van der Waals surface area contributed by atoms with Crippen LogP contribution in [-0.2, 0) is 11.3 Å². The summed E-state index contributed by atoms with van der Waals surface area (Å²) < 4.78 is 17.5. The average molecular weight is 373 g/mol. The summed E-state index contributed by atoms with van der Waals surface area (Å²) >= 11 is 3.48. The number of halogens is 1. The first-order chi connectivity index (χ1) is 11.1. The van der Waals surface area contributed by atoms with Crippen molar-refractivity contribution in [1.29, 1.82) is 0 Å². The number of benzene rings is 2. The van der Waals surface area contributed by atoms with Crippen LogP contribution in [0, 0.1) is 6.92 Å². The summed E-state index contributed by atoms with van der Waals surface area (Å²) in [5, 5.41) is 0.564. The van der Waals surface area contributed by atoms with Crippen LogP contribution in [0.1, 0.15) is 11.1 Å². The molecule has 2 heterocycles. The van der Waals surface area contributed by atoms with Crippen molar-refractivity contribution >= 4 is 26.9 Å². The molecule has 0 bridgehead atoms. The maximum atomic E-state index is 12.9. The van der Waals surface area contributed by atoms with Crippen LogP contribution in [-0.4, -0.2) is 6.79 Å². The molecule has 0 aliphatic carbocycles. The smallest absolute Gasteiger partial charge is 0.200 e. The summed E-state index contributed by atoms with van der Waals surface area (Å²) in [6.45, 7) is 2.60. The van der Waals surface area contributed by atoms with Crippen molar-refractivity contribution in [2.75, 3.05) is 6.79 Å². The molecule has 2 aromatic carbocycles. The minimum atomic E-state index is -0.0679. The van der Waals surface area contributed by atoms with Crippen LogP contribution >= 0.6 is 15.9 Å². The highest BCUT2D eigenvalue weighted by molar-refractivity contribution is 9.10. The number of hydrogen-bond donors (Lipinski definition) is 0. The van der Waals surface area contributed by atoms with Crippen LogP contribution in [0.5, 0.6) is 5.75 Å². The summed E-state index contributed by atoms with van der Waals surface area (Å²) in [6.07, 6.45) is 1.50. The molecule has 1 aromatic heterocycles. The molecule has 23 heavy (non-hydrogen) atoms. The number of ether oxygens (including phenoxy) is 2. The van der Waals surface area contributed by atoms with Gasteiger partial charge in [0.25, 0.3) is 0 Å². The van der Waals surface area contributed by atoms with E-state index < -0.39 is 0 Å². The van der Waals surface area contributed by atoms with Crippen LogP contribution in [0.3, 0.4) is 0 Å². The lowest BCUT2D eigenvalue weighted by atomic mass is 10.0. The highest BCUT2D eigenvalue weighted by Crippen LogP contribution is 2.37. The Hall–Kier alpha value is -2.11. The van der Waals surface area contributed by atoms with E-state index in [1.807, 2.05) is 31.2 Å².